The van der Waals surface area contributed by atoms with E-state index in [9.17, 15) is 0 Å². The summed E-state index contributed by atoms with van der Waals surface area (Å²) >= 11 is 1.98. The first-order valence-electron chi connectivity index (χ1n) is 10.9. The zero-order chi connectivity index (χ0) is 21.0. The summed E-state index contributed by atoms with van der Waals surface area (Å²) in [5.74, 6) is 5.66. The summed E-state index contributed by atoms with van der Waals surface area (Å²) in [7, 11) is 0. The van der Waals surface area contributed by atoms with Crippen molar-refractivity contribution in [2.24, 2.45) is 15.9 Å². The molecule has 2 atom stereocenters. The number of imidazole rings is 1. The van der Waals surface area contributed by atoms with E-state index >= 15 is 0 Å². The second-order valence-electron chi connectivity index (χ2n) is 8.25. The van der Waals surface area contributed by atoms with Crippen LogP contribution in [0.25, 0.3) is 0 Å². The Morgan fingerprint density at radius 3 is 3.17 bits per heavy atom. The zero-order valence-corrected chi connectivity index (χ0v) is 18.7. The molecule has 3 N–H and O–H groups in total. The normalized spacial score (nSPS) is 25.3. The Kier molecular flexibility index (Phi) is 6.65. The number of nitrogens with two attached hydrogens (primary N) is 1. The number of hydrazone groups is 1. The molecule has 8 heteroatoms. The molecule has 0 amide bonds. The number of fused-ring (bicyclic) bond motifs is 2. The van der Waals surface area contributed by atoms with Crippen molar-refractivity contribution in [2.45, 2.75) is 57.6 Å². The van der Waals surface area contributed by atoms with Gasteiger partial charge in [0, 0.05) is 66.4 Å². The van der Waals surface area contributed by atoms with Crippen molar-refractivity contribution < 1.29 is 4.74 Å². The number of piperidine rings is 1. The lowest BCUT2D eigenvalue weighted by atomic mass is 9.79. The Hall–Kier alpha value is -2.03. The first-order chi connectivity index (χ1) is 14.6. The Labute approximate surface area is 182 Å². The summed E-state index contributed by atoms with van der Waals surface area (Å²) in [5.41, 5.74) is 3.23. The standard InChI is InChI=1S/C22H32N6OS/c1-3-19-10-20-21(30-19)5-9-29-22(20)6-8-28(16(2)11-22)14-18(27-23)13-24-7-4-17-12-25-15-26-17/h10,12-13,15-16H,3-9,11,14,23H2,1-2H3,(H,25,26)/b24-13?,27-18+/t16-,22+/m0/s1. The van der Waals surface area contributed by atoms with Gasteiger partial charge < -0.3 is 15.6 Å². The SMILES string of the molecule is CCc1cc2c(s1)CCO[C@@]21CCN(C/C(C=NCCc2cnc[nH]2)=N/N)[C@@H](C)C1. The number of aliphatic imine (C=N–C) groups is 1. The highest BCUT2D eigenvalue weighted by molar-refractivity contribution is 7.12. The molecule has 2 aromatic heterocycles. The van der Waals surface area contributed by atoms with Gasteiger partial charge in [-0.25, -0.2) is 4.98 Å². The highest BCUT2D eigenvalue weighted by atomic mass is 32.1. The number of hydrogen-bond acceptors (Lipinski definition) is 7. The van der Waals surface area contributed by atoms with Gasteiger partial charge in [-0.1, -0.05) is 6.92 Å². The predicted octanol–water partition coefficient (Wildman–Crippen LogP) is 2.91. The molecule has 0 aromatic carbocycles. The minimum Gasteiger partial charge on any atom is -0.370 e. The fourth-order valence-electron chi connectivity index (χ4n) is 4.61. The van der Waals surface area contributed by atoms with Gasteiger partial charge in [0.05, 0.1) is 24.2 Å². The number of aryl methyl sites for hydroxylation is 1. The van der Waals surface area contributed by atoms with Crippen molar-refractivity contribution in [3.63, 3.8) is 0 Å². The topological polar surface area (TPSA) is 91.9 Å². The van der Waals surface area contributed by atoms with E-state index in [1.165, 1.54) is 15.3 Å². The molecule has 7 nitrogen and oxygen atoms in total. The Bertz CT molecular complexity index is 890. The molecule has 4 heterocycles. The molecule has 162 valence electrons. The molecule has 0 radical (unpaired) electrons. The second kappa shape index (κ2) is 9.41. The number of H-pyrrole nitrogens is 1. The number of thiophene rings is 1. The molecule has 0 unspecified atom stereocenters. The maximum absolute atomic E-state index is 6.45. The number of nitrogens with zero attached hydrogens (tertiary/aromatic N) is 4. The van der Waals surface area contributed by atoms with Crippen LogP contribution in [0.1, 0.15) is 47.7 Å². The van der Waals surface area contributed by atoms with E-state index in [1.807, 2.05) is 23.7 Å². The van der Waals surface area contributed by atoms with Gasteiger partial charge in [0.15, 0.2) is 0 Å². The van der Waals surface area contributed by atoms with Crippen LogP contribution in [0.3, 0.4) is 0 Å². The highest BCUT2D eigenvalue weighted by Crippen LogP contribution is 2.46. The number of nitrogens with one attached hydrogen (secondary N) is 1. The van der Waals surface area contributed by atoms with E-state index in [0.717, 1.165) is 63.2 Å². The average Bonchev–Trinajstić information content (AvgIpc) is 3.42. The quantitative estimate of drug-likeness (QED) is 0.403. The Morgan fingerprint density at radius 2 is 2.43 bits per heavy atom. The fourth-order valence-corrected chi connectivity index (χ4v) is 5.79. The summed E-state index contributed by atoms with van der Waals surface area (Å²) in [6.07, 6.45) is 10.3. The van der Waals surface area contributed by atoms with Crippen molar-refractivity contribution in [3.05, 3.63) is 39.6 Å². The number of ether oxygens (including phenoxy) is 1. The van der Waals surface area contributed by atoms with Gasteiger partial charge in [-0.05, 0) is 37.8 Å². The van der Waals surface area contributed by atoms with Crippen molar-refractivity contribution in [1.29, 1.82) is 0 Å². The average molecular weight is 429 g/mol. The Balaban J connectivity index is 1.36. The molecule has 1 saturated heterocycles. The van der Waals surface area contributed by atoms with Crippen LogP contribution in [0.5, 0.6) is 0 Å². The number of likely N-dealkylation sites (tertiary alicyclic amines) is 1. The molecule has 0 bridgehead atoms. The molecule has 2 aromatic rings. The molecule has 4 rings (SSSR count). The van der Waals surface area contributed by atoms with Gasteiger partial charge in [0.1, 0.15) is 0 Å². The van der Waals surface area contributed by atoms with Gasteiger partial charge in [0.25, 0.3) is 0 Å². The molecule has 2 aliphatic rings. The van der Waals surface area contributed by atoms with E-state index in [1.54, 1.807) is 6.33 Å². The maximum Gasteiger partial charge on any atom is 0.0969 e. The number of aromatic amines is 1. The van der Waals surface area contributed by atoms with Crippen molar-refractivity contribution in [1.82, 2.24) is 14.9 Å². The van der Waals surface area contributed by atoms with Crippen LogP contribution in [0, 0.1) is 0 Å². The number of aromatic nitrogens is 2. The molecule has 0 saturated carbocycles. The van der Waals surface area contributed by atoms with E-state index in [4.69, 9.17) is 10.6 Å². The van der Waals surface area contributed by atoms with Gasteiger partial charge in [-0.15, -0.1) is 11.3 Å². The van der Waals surface area contributed by atoms with Crippen molar-refractivity contribution in [2.75, 3.05) is 26.2 Å². The van der Waals surface area contributed by atoms with Crippen molar-refractivity contribution >= 4 is 23.3 Å². The third kappa shape index (κ3) is 4.50. The largest absolute Gasteiger partial charge is 0.370 e. The van der Waals surface area contributed by atoms with E-state index in [-0.39, 0.29) is 5.60 Å². The van der Waals surface area contributed by atoms with Crippen LogP contribution >= 0.6 is 11.3 Å². The first-order valence-corrected chi connectivity index (χ1v) is 11.7. The van der Waals surface area contributed by atoms with Gasteiger partial charge >= 0.3 is 0 Å². The third-order valence-electron chi connectivity index (χ3n) is 6.29. The maximum atomic E-state index is 6.45. The summed E-state index contributed by atoms with van der Waals surface area (Å²) in [6, 6.07) is 2.80. The lowest BCUT2D eigenvalue weighted by molar-refractivity contribution is -0.108. The molecular formula is C22H32N6OS. The second-order valence-corrected chi connectivity index (χ2v) is 9.47. The van der Waals surface area contributed by atoms with Crippen LogP contribution in [0.15, 0.2) is 28.7 Å². The highest BCUT2D eigenvalue weighted by Gasteiger charge is 2.44. The van der Waals surface area contributed by atoms with E-state index in [0.29, 0.717) is 12.6 Å². The number of hydrogen-bond donors (Lipinski definition) is 2. The molecule has 30 heavy (non-hydrogen) atoms. The fraction of sp³-hybridized carbons (Fsp3) is 0.591. The molecule has 1 spiro atoms. The molecular weight excluding hydrogens is 396 g/mol. The van der Waals surface area contributed by atoms with Crippen LogP contribution in [-0.2, 0) is 29.6 Å². The summed E-state index contributed by atoms with van der Waals surface area (Å²) in [6.45, 7) is 7.74. The van der Waals surface area contributed by atoms with Gasteiger partial charge in [-0.2, -0.15) is 5.10 Å². The summed E-state index contributed by atoms with van der Waals surface area (Å²) in [5, 5.41) is 3.98. The monoisotopic (exact) mass is 428 g/mol. The van der Waals surface area contributed by atoms with Crippen LogP contribution in [0.2, 0.25) is 0 Å². The number of rotatable bonds is 7. The zero-order valence-electron chi connectivity index (χ0n) is 17.9. The van der Waals surface area contributed by atoms with E-state index in [2.05, 4.69) is 44.9 Å². The molecule has 0 aliphatic carbocycles. The van der Waals surface area contributed by atoms with Gasteiger partial charge in [-0.3, -0.25) is 9.89 Å². The third-order valence-corrected chi connectivity index (χ3v) is 7.63. The lowest BCUT2D eigenvalue weighted by Gasteiger charge is -2.47. The van der Waals surface area contributed by atoms with Gasteiger partial charge in [0.2, 0.25) is 0 Å². The van der Waals surface area contributed by atoms with Crippen molar-refractivity contribution in [3.8, 4) is 0 Å². The van der Waals surface area contributed by atoms with Crippen LogP contribution in [0.4, 0.5) is 0 Å². The minimum atomic E-state index is -0.119. The predicted molar refractivity (Wildman–Crippen MR) is 123 cm³/mol. The lowest BCUT2D eigenvalue weighted by Crippen LogP contribution is -2.51. The smallest absolute Gasteiger partial charge is 0.0969 e. The van der Waals surface area contributed by atoms with E-state index < -0.39 is 0 Å². The first kappa shape index (κ1) is 21.2. The minimum absolute atomic E-state index is 0.119. The molecule has 1 fully saturated rings. The Morgan fingerprint density at radius 1 is 1.53 bits per heavy atom. The molecule has 2 aliphatic heterocycles. The van der Waals surface area contributed by atoms with Crippen LogP contribution in [-0.4, -0.2) is 59.1 Å². The summed E-state index contributed by atoms with van der Waals surface area (Å²) in [4.78, 5) is 17.1. The van der Waals surface area contributed by atoms with Crippen LogP contribution < -0.4 is 5.84 Å². The summed E-state index contributed by atoms with van der Waals surface area (Å²) < 4.78 is 6.45.